The third-order valence-corrected chi connectivity index (χ3v) is 4.42. The van der Waals surface area contributed by atoms with Gasteiger partial charge >= 0.3 is 5.97 Å². The minimum absolute atomic E-state index is 0.0578. The van der Waals surface area contributed by atoms with Gasteiger partial charge in [0, 0.05) is 38.0 Å². The molecule has 1 aromatic heterocycles. The number of aromatic carboxylic acids is 1. The average molecular weight is 360 g/mol. The molecule has 1 aliphatic heterocycles. The lowest BCUT2D eigenvalue weighted by molar-refractivity contribution is 0.0690. The van der Waals surface area contributed by atoms with E-state index in [-0.39, 0.29) is 5.69 Å². The molecule has 2 N–H and O–H groups in total. The summed E-state index contributed by atoms with van der Waals surface area (Å²) in [5.74, 6) is -0.711. The molecule has 0 amide bonds. The van der Waals surface area contributed by atoms with Crippen molar-refractivity contribution in [2.75, 3.05) is 25.1 Å². The topological polar surface area (TPSA) is 97.5 Å². The van der Waals surface area contributed by atoms with Gasteiger partial charge in [0.1, 0.15) is 11.8 Å². The maximum absolute atomic E-state index is 10.8. The fourth-order valence-electron chi connectivity index (χ4n) is 2.83. The lowest BCUT2D eigenvalue weighted by Gasteiger charge is -2.19. The van der Waals surface area contributed by atoms with E-state index in [2.05, 4.69) is 16.0 Å². The van der Waals surface area contributed by atoms with E-state index in [4.69, 9.17) is 27.1 Å². The summed E-state index contributed by atoms with van der Waals surface area (Å²) in [4.78, 5) is 17.0. The first-order chi connectivity index (χ1) is 12.1. The van der Waals surface area contributed by atoms with Crippen molar-refractivity contribution >= 4 is 23.3 Å². The van der Waals surface area contributed by atoms with Crippen LogP contribution in [0.3, 0.4) is 0 Å². The number of carboxylic acids is 1. The van der Waals surface area contributed by atoms with E-state index in [1.165, 1.54) is 0 Å². The standard InChI is InChI=1S/C17H14ClN3O2.CH4O/c18-15-7-14(3-1-11(15)8-19)21-6-5-13(10-21)12-2-4-16(17(22)23)20-9-12;1-2/h1-4,7,9,13H,5-6,10H2,(H,22,23);2H,1H3. The Bertz CT molecular complexity index is 787. The van der Waals surface area contributed by atoms with Crippen LogP contribution in [-0.2, 0) is 0 Å². The zero-order valence-corrected chi connectivity index (χ0v) is 14.4. The summed E-state index contributed by atoms with van der Waals surface area (Å²) in [6, 6.07) is 10.9. The van der Waals surface area contributed by atoms with E-state index in [1.54, 1.807) is 18.3 Å². The quantitative estimate of drug-likeness (QED) is 0.874. The molecule has 1 aliphatic rings. The smallest absolute Gasteiger partial charge is 0.354 e. The molecule has 0 bridgehead atoms. The first-order valence-electron chi connectivity index (χ1n) is 7.67. The molecule has 7 heteroatoms. The molecular weight excluding hydrogens is 342 g/mol. The number of benzene rings is 1. The molecule has 0 spiro atoms. The van der Waals surface area contributed by atoms with Gasteiger partial charge in [-0.25, -0.2) is 9.78 Å². The minimum atomic E-state index is -1.02. The summed E-state index contributed by atoms with van der Waals surface area (Å²) >= 11 is 6.09. The molecule has 1 unspecified atom stereocenters. The molecule has 0 aliphatic carbocycles. The molecule has 25 heavy (non-hydrogen) atoms. The number of aliphatic hydroxyl groups excluding tert-OH is 1. The molecule has 130 valence electrons. The molecule has 1 saturated heterocycles. The number of carboxylic acid groups (broad SMARTS) is 1. The maximum atomic E-state index is 10.8. The normalized spacial score (nSPS) is 15.9. The van der Waals surface area contributed by atoms with E-state index in [0.717, 1.165) is 37.9 Å². The summed E-state index contributed by atoms with van der Waals surface area (Å²) in [6.07, 6.45) is 2.61. The maximum Gasteiger partial charge on any atom is 0.354 e. The third-order valence-electron chi connectivity index (χ3n) is 4.10. The highest BCUT2D eigenvalue weighted by atomic mass is 35.5. The Morgan fingerprint density at radius 3 is 2.68 bits per heavy atom. The van der Waals surface area contributed by atoms with Crippen molar-refractivity contribution in [1.82, 2.24) is 4.98 Å². The number of nitriles is 1. The van der Waals surface area contributed by atoms with Crippen LogP contribution in [0.4, 0.5) is 5.69 Å². The lowest BCUT2D eigenvalue weighted by atomic mass is 10.0. The average Bonchev–Trinajstić information content (AvgIpc) is 3.13. The Morgan fingerprint density at radius 2 is 2.12 bits per heavy atom. The Hall–Kier alpha value is -2.62. The Labute approximate surface area is 150 Å². The van der Waals surface area contributed by atoms with Gasteiger partial charge in [-0.05, 0) is 36.2 Å². The molecule has 6 nitrogen and oxygen atoms in total. The van der Waals surface area contributed by atoms with Gasteiger partial charge in [-0.2, -0.15) is 5.26 Å². The van der Waals surface area contributed by atoms with Crippen LogP contribution in [0.5, 0.6) is 0 Å². The Balaban J connectivity index is 0.00000109. The molecule has 2 aromatic rings. The van der Waals surface area contributed by atoms with Crippen LogP contribution in [-0.4, -0.2) is 41.4 Å². The number of carbonyl (C=O) groups is 1. The number of hydrogen-bond acceptors (Lipinski definition) is 5. The molecule has 3 rings (SSSR count). The highest BCUT2D eigenvalue weighted by molar-refractivity contribution is 6.32. The van der Waals surface area contributed by atoms with Crippen LogP contribution in [0.25, 0.3) is 0 Å². The number of aliphatic hydroxyl groups is 1. The number of nitrogens with zero attached hydrogens (tertiary/aromatic N) is 3. The molecule has 0 saturated carbocycles. The van der Waals surface area contributed by atoms with Crippen molar-refractivity contribution in [1.29, 1.82) is 5.26 Å². The van der Waals surface area contributed by atoms with E-state index in [0.29, 0.717) is 16.5 Å². The van der Waals surface area contributed by atoms with Crippen LogP contribution in [0, 0.1) is 11.3 Å². The Morgan fingerprint density at radius 1 is 1.36 bits per heavy atom. The largest absolute Gasteiger partial charge is 0.477 e. The molecule has 1 fully saturated rings. The van der Waals surface area contributed by atoms with Gasteiger partial charge < -0.3 is 15.1 Å². The van der Waals surface area contributed by atoms with Crippen molar-refractivity contribution in [3.05, 3.63) is 58.4 Å². The fraction of sp³-hybridized carbons (Fsp3) is 0.278. The van der Waals surface area contributed by atoms with Crippen LogP contribution >= 0.6 is 11.6 Å². The fourth-order valence-corrected chi connectivity index (χ4v) is 3.05. The van der Waals surface area contributed by atoms with Gasteiger partial charge in [0.15, 0.2) is 0 Å². The van der Waals surface area contributed by atoms with Crippen molar-refractivity contribution in [2.24, 2.45) is 0 Å². The van der Waals surface area contributed by atoms with E-state index >= 15 is 0 Å². The summed E-state index contributed by atoms with van der Waals surface area (Å²) in [5, 5.41) is 25.3. The van der Waals surface area contributed by atoms with Gasteiger partial charge in [-0.15, -0.1) is 0 Å². The van der Waals surface area contributed by atoms with Crippen molar-refractivity contribution < 1.29 is 15.0 Å². The van der Waals surface area contributed by atoms with E-state index < -0.39 is 5.97 Å². The number of pyridine rings is 1. The van der Waals surface area contributed by atoms with E-state index in [1.807, 2.05) is 18.2 Å². The number of hydrogen-bond donors (Lipinski definition) is 2. The van der Waals surface area contributed by atoms with Crippen LogP contribution in [0.2, 0.25) is 5.02 Å². The summed E-state index contributed by atoms with van der Waals surface area (Å²) in [5.41, 5.74) is 2.56. The first kappa shape index (κ1) is 18.7. The van der Waals surface area contributed by atoms with Crippen LogP contribution in [0.1, 0.15) is 34.0 Å². The van der Waals surface area contributed by atoms with Crippen LogP contribution in [0.15, 0.2) is 36.5 Å². The second kappa shape index (κ2) is 8.47. The highest BCUT2D eigenvalue weighted by Crippen LogP contribution is 2.32. The van der Waals surface area contributed by atoms with Gasteiger partial charge in [0.05, 0.1) is 10.6 Å². The lowest BCUT2D eigenvalue weighted by Crippen LogP contribution is -2.19. The van der Waals surface area contributed by atoms with Gasteiger partial charge in [-0.1, -0.05) is 17.7 Å². The zero-order valence-electron chi connectivity index (χ0n) is 13.7. The predicted molar refractivity (Wildman–Crippen MR) is 95.1 cm³/mol. The third kappa shape index (κ3) is 4.27. The van der Waals surface area contributed by atoms with Gasteiger partial charge in [-0.3, -0.25) is 0 Å². The van der Waals surface area contributed by atoms with Gasteiger partial charge in [0.2, 0.25) is 0 Å². The van der Waals surface area contributed by atoms with Gasteiger partial charge in [0.25, 0.3) is 0 Å². The molecule has 2 heterocycles. The Kier molecular flexibility index (Phi) is 6.34. The zero-order chi connectivity index (χ0) is 18.4. The second-order valence-electron chi connectivity index (χ2n) is 5.49. The minimum Gasteiger partial charge on any atom is -0.477 e. The van der Waals surface area contributed by atoms with Crippen molar-refractivity contribution in [2.45, 2.75) is 12.3 Å². The van der Waals surface area contributed by atoms with E-state index in [9.17, 15) is 4.79 Å². The molecule has 1 atom stereocenters. The number of anilines is 1. The summed E-state index contributed by atoms with van der Waals surface area (Å²) in [6.45, 7) is 1.70. The SMILES string of the molecule is CO.N#Cc1ccc(N2CCC(c3ccc(C(=O)O)nc3)C2)cc1Cl. The predicted octanol–water partition coefficient (Wildman–Crippen LogP) is 2.91. The monoisotopic (exact) mass is 359 g/mol. The number of rotatable bonds is 3. The van der Waals surface area contributed by atoms with Crippen LogP contribution < -0.4 is 4.90 Å². The molecule has 0 radical (unpaired) electrons. The molecule has 1 aromatic carbocycles. The van der Waals surface area contributed by atoms with Crippen molar-refractivity contribution in [3.8, 4) is 6.07 Å². The number of aromatic nitrogens is 1. The first-order valence-corrected chi connectivity index (χ1v) is 8.05. The molecular formula is C18H18ClN3O3. The second-order valence-corrected chi connectivity index (χ2v) is 5.90. The highest BCUT2D eigenvalue weighted by Gasteiger charge is 2.25. The summed E-state index contributed by atoms with van der Waals surface area (Å²) in [7, 11) is 1.00. The van der Waals surface area contributed by atoms with Crippen molar-refractivity contribution in [3.63, 3.8) is 0 Å². The summed E-state index contributed by atoms with van der Waals surface area (Å²) < 4.78 is 0. The number of halogens is 1.